The predicted molar refractivity (Wildman–Crippen MR) is 38.1 cm³/mol. The van der Waals surface area contributed by atoms with Crippen molar-refractivity contribution in [3.05, 3.63) is 16.9 Å². The molecule has 1 N–H and O–H groups in total. The highest BCUT2D eigenvalue weighted by molar-refractivity contribution is 5.87. The Bertz CT molecular complexity index is 258. The zero-order valence-corrected chi connectivity index (χ0v) is 6.24. The fourth-order valence-corrected chi connectivity index (χ4v) is 1.09. The van der Waals surface area contributed by atoms with Gasteiger partial charge in [-0.3, -0.25) is 4.79 Å². The van der Waals surface area contributed by atoms with E-state index in [1.165, 1.54) is 6.92 Å². The van der Waals surface area contributed by atoms with Gasteiger partial charge in [0, 0.05) is 0 Å². The number of rotatable bonds is 2. The minimum atomic E-state index is -0.716. The summed E-state index contributed by atoms with van der Waals surface area (Å²) in [6, 6.07) is 0. The Morgan fingerprint density at radius 1 is 1.73 bits per heavy atom. The third-order valence-electron chi connectivity index (χ3n) is 2.09. The highest BCUT2D eigenvalue weighted by Gasteiger charge is 2.53. The van der Waals surface area contributed by atoms with Crippen molar-refractivity contribution >= 4 is 5.78 Å². The number of hydrogen-bond acceptors (Lipinski definition) is 3. The standard InChI is InChI=1S/C7H8N2O2/c1-5(10)7(2-3-7)6(11)4-9-8/h4H,2-3H2,1H3/p+1/b6-4-. The van der Waals surface area contributed by atoms with Crippen LogP contribution in [0.5, 0.6) is 0 Å². The number of hydrogen-bond donors (Lipinski definition) is 1. The number of Topliss-reactive ketones (excluding diaryl/α,β-unsaturated/α-hetero) is 1. The molecule has 0 unspecified atom stereocenters. The summed E-state index contributed by atoms with van der Waals surface area (Å²) in [5.41, 5.74) is -0.716. The van der Waals surface area contributed by atoms with Crippen LogP contribution in [-0.2, 0) is 4.79 Å². The number of aliphatic hydroxyl groups excluding tert-OH is 1. The second-order valence-electron chi connectivity index (χ2n) is 2.77. The van der Waals surface area contributed by atoms with Crippen molar-refractivity contribution in [2.24, 2.45) is 5.41 Å². The number of carbonyl (C=O) groups is 1. The smallest absolute Gasteiger partial charge is 0.388 e. The van der Waals surface area contributed by atoms with Gasteiger partial charge in [0.1, 0.15) is 5.78 Å². The number of carbonyl (C=O) groups excluding carboxylic acids is 1. The maximum atomic E-state index is 10.9. The molecule has 58 valence electrons. The second kappa shape index (κ2) is 2.35. The van der Waals surface area contributed by atoms with E-state index in [1.807, 2.05) is 0 Å². The first-order valence-corrected chi connectivity index (χ1v) is 3.38. The summed E-state index contributed by atoms with van der Waals surface area (Å²) in [4.78, 5) is 13.6. The molecule has 4 nitrogen and oxygen atoms in total. The average Bonchev–Trinajstić information content (AvgIpc) is 2.66. The average molecular weight is 153 g/mol. The Labute approximate surface area is 64.1 Å². The van der Waals surface area contributed by atoms with Crippen LogP contribution in [0.4, 0.5) is 0 Å². The lowest BCUT2D eigenvalue weighted by Gasteiger charge is -2.04. The van der Waals surface area contributed by atoms with Crippen LogP contribution in [0.25, 0.3) is 4.98 Å². The lowest BCUT2D eigenvalue weighted by atomic mass is 10.0. The largest absolute Gasteiger partial charge is 0.505 e. The monoisotopic (exact) mass is 153 g/mol. The van der Waals surface area contributed by atoms with E-state index in [0.29, 0.717) is 12.8 Å². The number of ketones is 1. The molecule has 0 saturated heterocycles. The zero-order chi connectivity index (χ0) is 8.48. The summed E-state index contributed by atoms with van der Waals surface area (Å²) >= 11 is 0. The maximum absolute atomic E-state index is 10.9. The molecule has 1 aliphatic rings. The first-order chi connectivity index (χ1) is 5.13. The Hall–Kier alpha value is -1.37. The van der Waals surface area contributed by atoms with Crippen LogP contribution in [0.1, 0.15) is 19.8 Å². The minimum Gasteiger partial charge on any atom is -0.505 e. The first-order valence-electron chi connectivity index (χ1n) is 3.38. The highest BCUT2D eigenvalue weighted by atomic mass is 16.3. The topological polar surface area (TPSA) is 65.4 Å². The molecule has 0 atom stereocenters. The summed E-state index contributed by atoms with van der Waals surface area (Å²) in [5.74, 6) is -0.206. The zero-order valence-electron chi connectivity index (χ0n) is 6.24. The van der Waals surface area contributed by atoms with E-state index in [1.54, 1.807) is 0 Å². The first kappa shape index (κ1) is 7.73. The molecule has 0 aromatic heterocycles. The molecule has 1 fully saturated rings. The highest BCUT2D eigenvalue weighted by Crippen LogP contribution is 2.51. The van der Waals surface area contributed by atoms with Crippen molar-refractivity contribution in [1.29, 1.82) is 5.39 Å². The summed E-state index contributed by atoms with van der Waals surface area (Å²) < 4.78 is 0. The maximum Gasteiger partial charge on any atom is 0.388 e. The van der Waals surface area contributed by atoms with E-state index < -0.39 is 5.41 Å². The molecule has 0 aliphatic heterocycles. The van der Waals surface area contributed by atoms with Gasteiger partial charge in [-0.25, -0.2) is 0 Å². The van der Waals surface area contributed by atoms with Gasteiger partial charge >= 0.3 is 6.20 Å². The molecule has 4 heteroatoms. The van der Waals surface area contributed by atoms with Gasteiger partial charge in [0.15, 0.2) is 10.7 Å². The summed E-state index contributed by atoms with van der Waals surface area (Å²) in [7, 11) is 0. The van der Waals surface area contributed by atoms with Crippen molar-refractivity contribution in [1.82, 2.24) is 0 Å². The number of diazo groups is 1. The van der Waals surface area contributed by atoms with Gasteiger partial charge in [0.25, 0.3) is 0 Å². The van der Waals surface area contributed by atoms with Gasteiger partial charge in [0.2, 0.25) is 5.39 Å². The fraction of sp³-hybridized carbons (Fsp3) is 0.571. The van der Waals surface area contributed by atoms with Crippen LogP contribution in [0.15, 0.2) is 12.0 Å². The van der Waals surface area contributed by atoms with Crippen molar-refractivity contribution in [3.8, 4) is 0 Å². The predicted octanol–water partition coefficient (Wildman–Crippen LogP) is 1.61. The van der Waals surface area contributed by atoms with Crippen molar-refractivity contribution in [2.75, 3.05) is 0 Å². The third kappa shape index (κ3) is 1.09. The second-order valence-corrected chi connectivity index (χ2v) is 2.77. The van der Waals surface area contributed by atoms with Gasteiger partial charge in [-0.05, 0) is 19.8 Å². The van der Waals surface area contributed by atoms with E-state index in [4.69, 9.17) is 5.39 Å². The molecule has 11 heavy (non-hydrogen) atoms. The molecule has 0 aromatic rings. The number of nitrogens with zero attached hydrogens (tertiary/aromatic N) is 2. The van der Waals surface area contributed by atoms with Crippen molar-refractivity contribution in [3.63, 3.8) is 0 Å². The molecule has 0 spiro atoms. The SMILES string of the molecule is CC(=O)C1(/C(O)=C/[N+]#N)CC1. The van der Waals surface area contributed by atoms with Gasteiger partial charge in [-0.1, -0.05) is 0 Å². The van der Waals surface area contributed by atoms with Crippen molar-refractivity contribution < 1.29 is 9.90 Å². The normalized spacial score (nSPS) is 20.5. The summed E-state index contributed by atoms with van der Waals surface area (Å²) in [6.07, 6.45) is 2.22. The van der Waals surface area contributed by atoms with E-state index >= 15 is 0 Å². The van der Waals surface area contributed by atoms with Crippen LogP contribution in [0.3, 0.4) is 0 Å². The Morgan fingerprint density at radius 3 is 2.55 bits per heavy atom. The van der Waals surface area contributed by atoms with Gasteiger partial charge in [-0.15, -0.1) is 0 Å². The summed E-state index contributed by atoms with van der Waals surface area (Å²) in [5, 5.41) is 17.3. The minimum absolute atomic E-state index is 0.0742. The Morgan fingerprint density at radius 2 is 2.27 bits per heavy atom. The molecule has 0 bridgehead atoms. The van der Waals surface area contributed by atoms with Gasteiger partial charge < -0.3 is 5.11 Å². The molecule has 1 aliphatic carbocycles. The van der Waals surface area contributed by atoms with Crippen LogP contribution in [0, 0.1) is 10.8 Å². The fourth-order valence-electron chi connectivity index (χ4n) is 1.09. The molecule has 1 saturated carbocycles. The quantitative estimate of drug-likeness (QED) is 0.484. The molecule has 0 aromatic carbocycles. The molecular weight excluding hydrogens is 144 g/mol. The van der Waals surface area contributed by atoms with Gasteiger partial charge in [-0.2, -0.15) is 0 Å². The Balaban J connectivity index is 2.84. The van der Waals surface area contributed by atoms with Crippen LogP contribution >= 0.6 is 0 Å². The molecule has 1 rings (SSSR count). The van der Waals surface area contributed by atoms with Crippen LogP contribution in [0.2, 0.25) is 0 Å². The molecule has 0 radical (unpaired) electrons. The third-order valence-corrected chi connectivity index (χ3v) is 2.09. The molecule has 0 amide bonds. The van der Waals surface area contributed by atoms with E-state index in [2.05, 4.69) is 4.98 Å². The van der Waals surface area contributed by atoms with E-state index in [-0.39, 0.29) is 11.5 Å². The lowest BCUT2D eigenvalue weighted by molar-refractivity contribution is -0.121. The van der Waals surface area contributed by atoms with E-state index in [9.17, 15) is 9.90 Å². The molecule has 0 heterocycles. The number of aliphatic hydroxyl groups is 1. The molecular formula is C7H9N2O2+. The van der Waals surface area contributed by atoms with E-state index in [0.717, 1.165) is 6.20 Å². The van der Waals surface area contributed by atoms with Crippen LogP contribution < -0.4 is 0 Å². The van der Waals surface area contributed by atoms with Gasteiger partial charge in [0.05, 0.1) is 5.41 Å². The Kier molecular flexibility index (Phi) is 1.65. The van der Waals surface area contributed by atoms with Crippen LogP contribution in [-0.4, -0.2) is 10.9 Å². The lowest BCUT2D eigenvalue weighted by Crippen LogP contribution is -2.14. The number of allylic oxidation sites excluding steroid dienone is 1. The summed E-state index contributed by atoms with van der Waals surface area (Å²) in [6.45, 7) is 1.43. The van der Waals surface area contributed by atoms with Crippen molar-refractivity contribution in [2.45, 2.75) is 19.8 Å².